The van der Waals surface area contributed by atoms with Crippen molar-refractivity contribution in [2.75, 3.05) is 13.6 Å². The largest absolute Gasteiger partial charge is 0.482 e. The quantitative estimate of drug-likeness (QED) is 0.888. The van der Waals surface area contributed by atoms with E-state index in [2.05, 4.69) is 15.5 Å². The van der Waals surface area contributed by atoms with Gasteiger partial charge >= 0.3 is 0 Å². The fraction of sp³-hybridized carbons (Fsp3) is 0.385. The van der Waals surface area contributed by atoms with Gasteiger partial charge in [-0.15, -0.1) is 12.4 Å². The summed E-state index contributed by atoms with van der Waals surface area (Å²) in [6, 6.07) is 6.20. The lowest BCUT2D eigenvalue weighted by Gasteiger charge is -2.04. The number of ether oxygens (including phenoxy) is 1. The Morgan fingerprint density at radius 1 is 1.40 bits per heavy atom. The fourth-order valence-electron chi connectivity index (χ4n) is 1.62. The molecule has 2 aromatic rings. The molecule has 0 fully saturated rings. The number of para-hydroxylation sites is 1. The van der Waals surface area contributed by atoms with Gasteiger partial charge in [0.1, 0.15) is 0 Å². The average molecular weight is 302 g/mol. The van der Waals surface area contributed by atoms with Gasteiger partial charge in [0.05, 0.1) is 0 Å². The minimum atomic E-state index is -0.408. The molecule has 0 bridgehead atoms. The summed E-state index contributed by atoms with van der Waals surface area (Å²) in [5.41, 5.74) is 0. The van der Waals surface area contributed by atoms with E-state index in [1.165, 1.54) is 6.07 Å². The molecule has 0 radical (unpaired) electrons. The number of nitrogens with one attached hydrogen (secondary N) is 1. The standard InChI is InChI=1S/C13H16FN3O2.ClH/c1-9(7-15-2)13-16-12(17-19-13)8-18-11-6-4-3-5-10(11)14;/h3-6,9,15H,7-8H2,1-2H3;1H. The molecule has 7 heteroatoms. The van der Waals surface area contributed by atoms with Crippen LogP contribution in [0, 0.1) is 5.82 Å². The zero-order chi connectivity index (χ0) is 13.7. The van der Waals surface area contributed by atoms with E-state index in [1.807, 2.05) is 14.0 Å². The molecule has 0 amide bonds. The lowest BCUT2D eigenvalue weighted by Crippen LogP contribution is -2.15. The van der Waals surface area contributed by atoms with Gasteiger partial charge < -0.3 is 14.6 Å². The van der Waals surface area contributed by atoms with Gasteiger partial charge in [-0.3, -0.25) is 0 Å². The van der Waals surface area contributed by atoms with Crippen LogP contribution >= 0.6 is 12.4 Å². The number of aromatic nitrogens is 2. The zero-order valence-electron chi connectivity index (χ0n) is 11.3. The summed E-state index contributed by atoms with van der Waals surface area (Å²) in [6.45, 7) is 2.80. The van der Waals surface area contributed by atoms with Crippen molar-refractivity contribution in [3.05, 3.63) is 41.8 Å². The molecule has 1 aromatic heterocycles. The molecule has 0 saturated carbocycles. The number of hydrogen-bond acceptors (Lipinski definition) is 5. The SMILES string of the molecule is CNCC(C)c1nc(COc2ccccc2F)no1.Cl. The van der Waals surface area contributed by atoms with Crippen LogP contribution in [0.2, 0.25) is 0 Å². The van der Waals surface area contributed by atoms with E-state index in [0.29, 0.717) is 11.7 Å². The molecule has 0 aliphatic carbocycles. The van der Waals surface area contributed by atoms with Gasteiger partial charge in [0, 0.05) is 12.5 Å². The minimum absolute atomic E-state index is 0. The first-order chi connectivity index (χ1) is 9.20. The predicted molar refractivity (Wildman–Crippen MR) is 74.6 cm³/mol. The smallest absolute Gasteiger partial charge is 0.230 e. The van der Waals surface area contributed by atoms with Crippen molar-refractivity contribution in [3.8, 4) is 5.75 Å². The highest BCUT2D eigenvalue weighted by Crippen LogP contribution is 2.17. The molecule has 0 aliphatic heterocycles. The van der Waals surface area contributed by atoms with Crippen LogP contribution in [-0.4, -0.2) is 23.7 Å². The van der Waals surface area contributed by atoms with Gasteiger partial charge in [-0.25, -0.2) is 4.39 Å². The molecule has 0 aliphatic rings. The first kappa shape index (κ1) is 16.4. The molecule has 0 saturated heterocycles. The summed E-state index contributed by atoms with van der Waals surface area (Å²) in [7, 11) is 1.86. The maximum absolute atomic E-state index is 13.3. The Bertz CT molecular complexity index is 536. The minimum Gasteiger partial charge on any atom is -0.482 e. The molecular formula is C13H17ClFN3O2. The Morgan fingerprint density at radius 2 is 2.15 bits per heavy atom. The van der Waals surface area contributed by atoms with E-state index in [4.69, 9.17) is 9.26 Å². The Morgan fingerprint density at radius 3 is 2.85 bits per heavy atom. The third kappa shape index (κ3) is 4.18. The number of nitrogens with zero attached hydrogens (tertiary/aromatic N) is 2. The van der Waals surface area contributed by atoms with E-state index in [0.717, 1.165) is 6.54 Å². The van der Waals surface area contributed by atoms with Gasteiger partial charge in [0.15, 0.2) is 18.2 Å². The predicted octanol–water partition coefficient (Wildman–Crippen LogP) is 2.53. The van der Waals surface area contributed by atoms with Crippen LogP contribution in [0.5, 0.6) is 5.75 Å². The molecular weight excluding hydrogens is 285 g/mol. The van der Waals surface area contributed by atoms with E-state index in [1.54, 1.807) is 18.2 Å². The first-order valence-electron chi connectivity index (χ1n) is 6.05. The molecule has 5 nitrogen and oxygen atoms in total. The third-order valence-corrected chi connectivity index (χ3v) is 2.61. The molecule has 1 atom stereocenters. The van der Waals surface area contributed by atoms with E-state index in [9.17, 15) is 4.39 Å². The lowest BCUT2D eigenvalue weighted by molar-refractivity contribution is 0.272. The van der Waals surface area contributed by atoms with Gasteiger partial charge in [0.25, 0.3) is 0 Å². The first-order valence-corrected chi connectivity index (χ1v) is 6.05. The molecule has 0 spiro atoms. The average Bonchev–Trinajstić information content (AvgIpc) is 2.87. The summed E-state index contributed by atoms with van der Waals surface area (Å²) in [5.74, 6) is 0.842. The molecule has 1 heterocycles. The van der Waals surface area contributed by atoms with Crippen LogP contribution in [0.1, 0.15) is 24.6 Å². The van der Waals surface area contributed by atoms with Gasteiger partial charge in [0.2, 0.25) is 11.7 Å². The van der Waals surface area contributed by atoms with Crippen molar-refractivity contribution < 1.29 is 13.7 Å². The molecule has 1 unspecified atom stereocenters. The molecule has 20 heavy (non-hydrogen) atoms. The van der Waals surface area contributed by atoms with Crippen molar-refractivity contribution in [2.24, 2.45) is 0 Å². The normalized spacial score (nSPS) is 11.8. The lowest BCUT2D eigenvalue weighted by atomic mass is 10.2. The van der Waals surface area contributed by atoms with Crippen molar-refractivity contribution in [1.82, 2.24) is 15.5 Å². The van der Waals surface area contributed by atoms with Gasteiger partial charge in [-0.1, -0.05) is 24.2 Å². The summed E-state index contributed by atoms with van der Waals surface area (Å²) < 4.78 is 23.8. The summed E-state index contributed by atoms with van der Waals surface area (Å²) >= 11 is 0. The molecule has 1 aromatic carbocycles. The number of halogens is 2. The zero-order valence-corrected chi connectivity index (χ0v) is 12.1. The highest BCUT2D eigenvalue weighted by Gasteiger charge is 2.14. The Balaban J connectivity index is 0.00000200. The summed E-state index contributed by atoms with van der Waals surface area (Å²) in [5, 5.41) is 6.83. The van der Waals surface area contributed by atoms with E-state index >= 15 is 0 Å². The van der Waals surface area contributed by atoms with Crippen LogP contribution in [-0.2, 0) is 6.61 Å². The molecule has 2 rings (SSSR count). The Labute approximate surface area is 122 Å². The molecule has 1 N–H and O–H groups in total. The number of rotatable bonds is 6. The highest BCUT2D eigenvalue weighted by atomic mass is 35.5. The maximum Gasteiger partial charge on any atom is 0.230 e. The van der Waals surface area contributed by atoms with Gasteiger partial charge in [-0.05, 0) is 19.2 Å². The van der Waals surface area contributed by atoms with Crippen molar-refractivity contribution >= 4 is 12.4 Å². The van der Waals surface area contributed by atoms with Crippen LogP contribution < -0.4 is 10.1 Å². The van der Waals surface area contributed by atoms with Crippen molar-refractivity contribution in [2.45, 2.75) is 19.4 Å². The van der Waals surface area contributed by atoms with Crippen LogP contribution in [0.3, 0.4) is 0 Å². The number of likely N-dealkylation sites (N-methyl/N-ethyl adjacent to an activating group) is 1. The second-order valence-electron chi connectivity index (χ2n) is 4.23. The third-order valence-electron chi connectivity index (χ3n) is 2.61. The monoisotopic (exact) mass is 301 g/mol. The van der Waals surface area contributed by atoms with E-state index < -0.39 is 5.82 Å². The Kier molecular flexibility index (Phi) is 6.41. The van der Waals surface area contributed by atoms with Gasteiger partial charge in [-0.2, -0.15) is 4.98 Å². The Hall–Kier alpha value is -1.66. The van der Waals surface area contributed by atoms with E-state index in [-0.39, 0.29) is 30.7 Å². The topological polar surface area (TPSA) is 60.2 Å². The van der Waals surface area contributed by atoms with Crippen LogP contribution in [0.4, 0.5) is 4.39 Å². The number of hydrogen-bond donors (Lipinski definition) is 1. The second kappa shape index (κ2) is 7.81. The van der Waals surface area contributed by atoms with Crippen LogP contribution in [0.15, 0.2) is 28.8 Å². The number of benzene rings is 1. The fourth-order valence-corrected chi connectivity index (χ4v) is 1.62. The summed E-state index contributed by atoms with van der Waals surface area (Å²) in [4.78, 5) is 4.21. The highest BCUT2D eigenvalue weighted by molar-refractivity contribution is 5.85. The summed E-state index contributed by atoms with van der Waals surface area (Å²) in [6.07, 6.45) is 0. The van der Waals surface area contributed by atoms with Crippen molar-refractivity contribution in [1.29, 1.82) is 0 Å². The van der Waals surface area contributed by atoms with Crippen molar-refractivity contribution in [3.63, 3.8) is 0 Å². The molecule has 110 valence electrons. The second-order valence-corrected chi connectivity index (χ2v) is 4.23. The maximum atomic E-state index is 13.3. The van der Waals surface area contributed by atoms with Crippen LogP contribution in [0.25, 0.3) is 0 Å².